The molecule has 3 rings (SSSR count). The van der Waals surface area contributed by atoms with Crippen LogP contribution in [0.5, 0.6) is 17.2 Å². The maximum atomic E-state index is 13.3. The summed E-state index contributed by atoms with van der Waals surface area (Å²) in [6, 6.07) is 3.60. The number of rotatable bonds is 9. The third kappa shape index (κ3) is 4.60. The van der Waals surface area contributed by atoms with Crippen molar-refractivity contribution in [3.8, 4) is 17.2 Å². The molecule has 1 heterocycles. The van der Waals surface area contributed by atoms with E-state index in [-0.39, 0.29) is 5.78 Å². The number of dihydropyridines is 1. The third-order valence-electron chi connectivity index (χ3n) is 5.71. The number of esters is 1. The van der Waals surface area contributed by atoms with Gasteiger partial charge in [0, 0.05) is 34.7 Å². The summed E-state index contributed by atoms with van der Waals surface area (Å²) in [5, 5.41) is 3.31. The summed E-state index contributed by atoms with van der Waals surface area (Å²) in [6.45, 7) is 4.22. The zero-order valence-corrected chi connectivity index (χ0v) is 20.1. The fraction of sp³-hybridized carbons (Fsp3) is 0.500. The number of carbonyl (C=O) groups excluding carboxylic acids is 2. The predicted octanol–water partition coefficient (Wildman–Crippen LogP) is 3.98. The van der Waals surface area contributed by atoms with Crippen molar-refractivity contribution in [1.82, 2.24) is 5.32 Å². The minimum Gasteiger partial charge on any atom is -0.493 e. The summed E-state index contributed by atoms with van der Waals surface area (Å²) in [5.41, 5.74) is 3.24. The minimum atomic E-state index is -0.611. The van der Waals surface area contributed by atoms with Gasteiger partial charge in [0.2, 0.25) is 5.75 Å². The molecule has 0 spiro atoms. The first-order chi connectivity index (χ1) is 15.5. The molecule has 0 bridgehead atoms. The summed E-state index contributed by atoms with van der Waals surface area (Å²) in [5.74, 6) is 2.02. The van der Waals surface area contributed by atoms with Crippen molar-refractivity contribution in [3.05, 3.63) is 40.2 Å². The lowest BCUT2D eigenvalue weighted by molar-refractivity contribution is -0.138. The number of thioether (sulfide) groups is 1. The molecular formula is C24H31NO6S. The predicted molar refractivity (Wildman–Crippen MR) is 125 cm³/mol. The molecule has 1 N–H and O–H groups in total. The van der Waals surface area contributed by atoms with Gasteiger partial charge in [0.1, 0.15) is 6.61 Å². The first-order valence-electron chi connectivity index (χ1n) is 10.8. The van der Waals surface area contributed by atoms with Crippen LogP contribution < -0.4 is 19.5 Å². The molecule has 1 aromatic carbocycles. The summed E-state index contributed by atoms with van der Waals surface area (Å²) in [4.78, 5) is 26.3. The molecule has 1 aromatic rings. The van der Waals surface area contributed by atoms with Crippen LogP contribution in [0.15, 0.2) is 34.7 Å². The zero-order valence-electron chi connectivity index (χ0n) is 19.3. The van der Waals surface area contributed by atoms with Crippen LogP contribution in [0.25, 0.3) is 0 Å². The summed E-state index contributed by atoms with van der Waals surface area (Å²) >= 11 is 1.71. The van der Waals surface area contributed by atoms with E-state index < -0.39 is 11.9 Å². The SMILES string of the molecule is CCSCCOC(=O)C1=C(C)NC2=C(C(=O)CCC2)C1c1ccc(OC)c(OC)c1OC. The summed E-state index contributed by atoms with van der Waals surface area (Å²) < 4.78 is 22.3. The van der Waals surface area contributed by atoms with Crippen LogP contribution in [0, 0.1) is 0 Å². The van der Waals surface area contributed by atoms with E-state index >= 15 is 0 Å². The molecule has 174 valence electrons. The molecule has 0 fully saturated rings. The minimum absolute atomic E-state index is 0.0277. The highest BCUT2D eigenvalue weighted by molar-refractivity contribution is 7.99. The molecular weight excluding hydrogens is 430 g/mol. The van der Waals surface area contributed by atoms with E-state index in [2.05, 4.69) is 12.2 Å². The maximum Gasteiger partial charge on any atom is 0.336 e. The average Bonchev–Trinajstić information content (AvgIpc) is 2.79. The van der Waals surface area contributed by atoms with Crippen LogP contribution in [0.2, 0.25) is 0 Å². The Morgan fingerprint density at radius 1 is 1.12 bits per heavy atom. The number of hydrogen-bond acceptors (Lipinski definition) is 8. The van der Waals surface area contributed by atoms with Gasteiger partial charge in [-0.25, -0.2) is 4.79 Å². The molecule has 1 atom stereocenters. The Hall–Kier alpha value is -2.61. The molecule has 1 aliphatic heterocycles. The molecule has 2 aliphatic rings. The lowest BCUT2D eigenvalue weighted by Crippen LogP contribution is -2.34. The van der Waals surface area contributed by atoms with Crippen molar-refractivity contribution < 1.29 is 28.5 Å². The number of carbonyl (C=O) groups is 2. The van der Waals surface area contributed by atoms with E-state index in [0.29, 0.717) is 52.7 Å². The smallest absolute Gasteiger partial charge is 0.336 e. The number of hydrogen-bond donors (Lipinski definition) is 1. The molecule has 0 radical (unpaired) electrons. The van der Waals surface area contributed by atoms with Crippen molar-refractivity contribution in [3.63, 3.8) is 0 Å². The number of allylic oxidation sites excluding steroid dienone is 3. The number of nitrogens with one attached hydrogen (secondary N) is 1. The normalized spacial score (nSPS) is 18.2. The number of ketones is 1. The van der Waals surface area contributed by atoms with Gasteiger partial charge in [-0.1, -0.05) is 13.0 Å². The van der Waals surface area contributed by atoms with Crippen LogP contribution in [0.3, 0.4) is 0 Å². The second kappa shape index (κ2) is 10.8. The van der Waals surface area contributed by atoms with Gasteiger partial charge in [0.05, 0.1) is 32.8 Å². The second-order valence-electron chi connectivity index (χ2n) is 7.52. The highest BCUT2D eigenvalue weighted by Crippen LogP contribution is 2.50. The van der Waals surface area contributed by atoms with E-state index in [4.69, 9.17) is 18.9 Å². The Balaban J connectivity index is 2.14. The lowest BCUT2D eigenvalue weighted by atomic mass is 9.75. The third-order valence-corrected chi connectivity index (χ3v) is 6.57. The second-order valence-corrected chi connectivity index (χ2v) is 8.92. The fourth-order valence-corrected chi connectivity index (χ4v) is 4.82. The van der Waals surface area contributed by atoms with Gasteiger partial charge in [0.25, 0.3) is 0 Å². The van der Waals surface area contributed by atoms with Gasteiger partial charge in [0.15, 0.2) is 17.3 Å². The molecule has 32 heavy (non-hydrogen) atoms. The summed E-state index contributed by atoms with van der Waals surface area (Å²) in [7, 11) is 4.62. The van der Waals surface area contributed by atoms with Crippen molar-refractivity contribution in [2.24, 2.45) is 0 Å². The van der Waals surface area contributed by atoms with Crippen LogP contribution in [0.4, 0.5) is 0 Å². The highest BCUT2D eigenvalue weighted by atomic mass is 32.2. The zero-order chi connectivity index (χ0) is 23.3. The quantitative estimate of drug-likeness (QED) is 0.437. The Morgan fingerprint density at radius 2 is 1.88 bits per heavy atom. The first-order valence-corrected chi connectivity index (χ1v) is 11.9. The number of methoxy groups -OCH3 is 3. The van der Waals surface area contributed by atoms with E-state index in [1.165, 1.54) is 14.2 Å². The van der Waals surface area contributed by atoms with E-state index in [0.717, 1.165) is 30.0 Å². The molecule has 1 unspecified atom stereocenters. The Bertz CT molecular complexity index is 952. The van der Waals surface area contributed by atoms with E-state index in [9.17, 15) is 9.59 Å². The van der Waals surface area contributed by atoms with Crippen LogP contribution >= 0.6 is 11.8 Å². The maximum absolute atomic E-state index is 13.3. The van der Waals surface area contributed by atoms with Gasteiger partial charge in [-0.2, -0.15) is 11.8 Å². The molecule has 0 aromatic heterocycles. The Kier molecular flexibility index (Phi) is 8.12. The van der Waals surface area contributed by atoms with Gasteiger partial charge >= 0.3 is 5.97 Å². The van der Waals surface area contributed by atoms with Crippen molar-refractivity contribution in [2.45, 2.75) is 39.0 Å². The molecule has 0 saturated heterocycles. The number of Topliss-reactive ketones (excluding diaryl/α,β-unsaturated/α-hetero) is 1. The first kappa shape index (κ1) is 24.0. The van der Waals surface area contributed by atoms with Crippen molar-refractivity contribution in [2.75, 3.05) is 39.4 Å². The van der Waals surface area contributed by atoms with Gasteiger partial charge in [-0.3, -0.25) is 4.79 Å². The monoisotopic (exact) mass is 461 g/mol. The molecule has 7 nitrogen and oxygen atoms in total. The average molecular weight is 462 g/mol. The highest BCUT2D eigenvalue weighted by Gasteiger charge is 2.41. The molecule has 1 aliphatic carbocycles. The number of benzene rings is 1. The summed E-state index contributed by atoms with van der Waals surface area (Å²) in [6.07, 6.45) is 1.98. The lowest BCUT2D eigenvalue weighted by Gasteiger charge is -2.35. The van der Waals surface area contributed by atoms with Crippen LogP contribution in [-0.2, 0) is 14.3 Å². The number of ether oxygens (including phenoxy) is 4. The van der Waals surface area contributed by atoms with Crippen molar-refractivity contribution in [1.29, 1.82) is 0 Å². The topological polar surface area (TPSA) is 83.1 Å². The Morgan fingerprint density at radius 3 is 2.53 bits per heavy atom. The van der Waals surface area contributed by atoms with Crippen LogP contribution in [-0.4, -0.2) is 51.2 Å². The van der Waals surface area contributed by atoms with Gasteiger partial charge in [-0.15, -0.1) is 0 Å². The van der Waals surface area contributed by atoms with E-state index in [1.54, 1.807) is 24.9 Å². The van der Waals surface area contributed by atoms with Crippen LogP contribution in [0.1, 0.15) is 44.6 Å². The van der Waals surface area contributed by atoms with E-state index in [1.807, 2.05) is 13.0 Å². The molecule has 0 saturated carbocycles. The van der Waals surface area contributed by atoms with Gasteiger partial charge < -0.3 is 24.3 Å². The molecule has 0 amide bonds. The van der Waals surface area contributed by atoms with Crippen molar-refractivity contribution >= 4 is 23.5 Å². The fourth-order valence-electron chi connectivity index (χ4n) is 4.33. The largest absolute Gasteiger partial charge is 0.493 e. The standard InChI is InChI=1S/C24H31NO6S/c1-6-32-13-12-31-24(27)19-14(2)25-16-8-7-9-17(26)21(16)20(19)15-10-11-18(28-3)23(30-5)22(15)29-4/h10-11,20,25H,6-9,12-13H2,1-5H3. The Labute approximate surface area is 193 Å². The molecule has 8 heteroatoms. The van der Waals surface area contributed by atoms with Gasteiger partial charge in [-0.05, 0) is 31.6 Å².